The van der Waals surface area contributed by atoms with E-state index in [0.29, 0.717) is 19.3 Å². The zero-order chi connectivity index (χ0) is 44.5. The third kappa shape index (κ3) is 44.5. The molecule has 3 atom stereocenters. The summed E-state index contributed by atoms with van der Waals surface area (Å²) in [6, 6.07) is -0.709. The Bertz CT molecular complexity index is 1010. The second-order valence-electron chi connectivity index (χ2n) is 18.3. The zero-order valence-electron chi connectivity index (χ0n) is 40.8. The van der Waals surface area contributed by atoms with Crippen LogP contribution in [-0.2, 0) is 14.3 Å². The Morgan fingerprint density at radius 1 is 0.475 bits per heavy atom. The number of nitrogens with one attached hydrogen (secondary N) is 1. The number of aliphatic hydroxyl groups excluding tert-OH is 2. The molecule has 0 aliphatic rings. The molecule has 3 unspecified atom stereocenters. The Labute approximate surface area is 379 Å². The second-order valence-corrected chi connectivity index (χ2v) is 18.3. The third-order valence-electron chi connectivity index (χ3n) is 12.2. The van der Waals surface area contributed by atoms with Crippen LogP contribution in [0.5, 0.6) is 0 Å². The molecule has 0 aliphatic heterocycles. The lowest BCUT2D eigenvalue weighted by Gasteiger charge is -2.24. The van der Waals surface area contributed by atoms with E-state index in [0.717, 1.165) is 83.5 Å². The quantitative estimate of drug-likeness (QED) is 0.0245. The molecule has 61 heavy (non-hydrogen) atoms. The van der Waals surface area contributed by atoms with Gasteiger partial charge in [0.25, 0.3) is 0 Å². The molecular weight excluding hydrogens is 755 g/mol. The number of esters is 1. The number of aliphatic hydroxyl groups is 2. The number of hydrogen-bond acceptors (Lipinski definition) is 5. The van der Waals surface area contributed by atoms with Crippen molar-refractivity contribution in [1.82, 2.24) is 5.32 Å². The van der Waals surface area contributed by atoms with Gasteiger partial charge in [-0.15, -0.1) is 0 Å². The second kappa shape index (κ2) is 49.1. The normalized spacial score (nSPS) is 13.5. The van der Waals surface area contributed by atoms with Gasteiger partial charge in [-0.1, -0.05) is 231 Å². The first-order valence-corrected chi connectivity index (χ1v) is 26.7. The van der Waals surface area contributed by atoms with Crippen LogP contribution in [0.15, 0.2) is 36.5 Å². The van der Waals surface area contributed by atoms with Crippen LogP contribution in [0.1, 0.15) is 278 Å². The number of carbonyl (C=O) groups excluding carboxylic acids is 2. The number of ether oxygens (including phenoxy) is 1. The van der Waals surface area contributed by atoms with Gasteiger partial charge in [0.1, 0.15) is 6.10 Å². The number of amides is 1. The summed E-state index contributed by atoms with van der Waals surface area (Å²) in [5.41, 5.74) is 0. The maximum absolute atomic E-state index is 13.2. The van der Waals surface area contributed by atoms with Crippen molar-refractivity contribution in [3.8, 4) is 0 Å². The fraction of sp³-hybridized carbons (Fsp3) is 0.855. The smallest absolute Gasteiger partial charge is 0.306 e. The first kappa shape index (κ1) is 59.1. The van der Waals surface area contributed by atoms with Gasteiger partial charge in [0.15, 0.2) is 0 Å². The molecule has 0 spiro atoms. The highest BCUT2D eigenvalue weighted by atomic mass is 16.5. The van der Waals surface area contributed by atoms with Crippen molar-refractivity contribution >= 4 is 11.9 Å². The molecule has 0 fully saturated rings. The maximum Gasteiger partial charge on any atom is 0.306 e. The number of unbranched alkanes of at least 4 members (excludes halogenated alkanes) is 31. The van der Waals surface area contributed by atoms with E-state index in [-0.39, 0.29) is 24.9 Å². The Kier molecular flexibility index (Phi) is 47.6. The van der Waals surface area contributed by atoms with Gasteiger partial charge in [0.05, 0.1) is 25.2 Å². The van der Waals surface area contributed by atoms with Gasteiger partial charge < -0.3 is 20.3 Å². The van der Waals surface area contributed by atoms with Crippen molar-refractivity contribution in [2.75, 3.05) is 6.61 Å². The van der Waals surface area contributed by atoms with E-state index >= 15 is 0 Å². The molecule has 3 N–H and O–H groups in total. The van der Waals surface area contributed by atoms with Crippen LogP contribution in [0.3, 0.4) is 0 Å². The fourth-order valence-electron chi connectivity index (χ4n) is 8.11. The van der Waals surface area contributed by atoms with Gasteiger partial charge in [-0.3, -0.25) is 9.59 Å². The van der Waals surface area contributed by atoms with E-state index in [1.165, 1.54) is 148 Å². The predicted octanol–water partition coefficient (Wildman–Crippen LogP) is 16.1. The largest absolute Gasteiger partial charge is 0.462 e. The number of allylic oxidation sites excluding steroid dienone is 6. The van der Waals surface area contributed by atoms with Crippen molar-refractivity contribution < 1.29 is 24.5 Å². The fourth-order valence-corrected chi connectivity index (χ4v) is 8.11. The lowest BCUT2D eigenvalue weighted by Crippen LogP contribution is -2.46. The summed E-state index contributed by atoms with van der Waals surface area (Å²) < 4.78 is 5.90. The van der Waals surface area contributed by atoms with Crippen molar-refractivity contribution in [1.29, 1.82) is 0 Å². The van der Waals surface area contributed by atoms with Crippen molar-refractivity contribution in [3.05, 3.63) is 36.5 Å². The molecule has 0 heterocycles. The summed E-state index contributed by atoms with van der Waals surface area (Å²) in [5.74, 6) is -0.515. The highest BCUT2D eigenvalue weighted by Crippen LogP contribution is 2.18. The molecule has 358 valence electrons. The molecular formula is C55H103NO5. The summed E-state index contributed by atoms with van der Waals surface area (Å²) in [7, 11) is 0. The van der Waals surface area contributed by atoms with Crippen LogP contribution in [-0.4, -0.2) is 46.9 Å². The molecule has 0 rings (SSSR count). The monoisotopic (exact) mass is 858 g/mol. The minimum Gasteiger partial charge on any atom is -0.462 e. The molecule has 0 saturated carbocycles. The van der Waals surface area contributed by atoms with Crippen LogP contribution in [0.2, 0.25) is 0 Å². The summed E-state index contributed by atoms with van der Waals surface area (Å²) in [6.45, 7) is 6.44. The molecule has 6 nitrogen and oxygen atoms in total. The average molecular weight is 858 g/mol. The molecule has 1 amide bonds. The van der Waals surface area contributed by atoms with E-state index in [1.807, 2.05) is 0 Å². The van der Waals surface area contributed by atoms with Gasteiger partial charge in [0, 0.05) is 6.42 Å². The minimum atomic E-state index is -0.794. The Morgan fingerprint density at radius 3 is 1.33 bits per heavy atom. The molecule has 0 saturated heterocycles. The van der Waals surface area contributed by atoms with Crippen molar-refractivity contribution in [3.63, 3.8) is 0 Å². The Hall–Kier alpha value is -1.92. The molecule has 6 heteroatoms. The van der Waals surface area contributed by atoms with E-state index in [9.17, 15) is 19.8 Å². The Balaban J connectivity index is 4.45. The zero-order valence-corrected chi connectivity index (χ0v) is 40.8. The summed E-state index contributed by atoms with van der Waals surface area (Å²) >= 11 is 0. The summed E-state index contributed by atoms with van der Waals surface area (Å²) in [5, 5.41) is 23.8. The predicted molar refractivity (Wildman–Crippen MR) is 264 cm³/mol. The van der Waals surface area contributed by atoms with E-state index in [2.05, 4.69) is 62.5 Å². The molecule has 0 aromatic carbocycles. The minimum absolute atomic E-state index is 0.0578. The molecule has 0 aromatic heterocycles. The standard InChI is InChI=1S/C55H103NO5/c1-4-7-10-13-16-19-21-23-25-27-28-30-32-35-38-41-44-47-53(58)52(50-57)56-54(59)49-51(46-43-40-37-34-18-15-12-9-6-3)61-55(60)48-45-42-39-36-33-31-29-26-24-22-20-17-14-11-8-5-2/h15,18,26,29,31,33,51-53,57-58H,4-14,16-17,19-25,27-28,30,32,34-50H2,1-3H3,(H,56,59)/b18-15-,29-26+,33-31+. The van der Waals surface area contributed by atoms with Gasteiger partial charge in [-0.05, 0) is 70.6 Å². The van der Waals surface area contributed by atoms with E-state index in [1.54, 1.807) is 0 Å². The lowest BCUT2D eigenvalue weighted by molar-refractivity contribution is -0.151. The molecule has 0 bridgehead atoms. The van der Waals surface area contributed by atoms with Gasteiger partial charge in [-0.2, -0.15) is 0 Å². The van der Waals surface area contributed by atoms with Gasteiger partial charge in [0.2, 0.25) is 5.91 Å². The average Bonchev–Trinajstić information content (AvgIpc) is 3.25. The molecule has 0 aromatic rings. The van der Waals surface area contributed by atoms with E-state index < -0.39 is 18.2 Å². The summed E-state index contributed by atoms with van der Waals surface area (Å²) in [4.78, 5) is 26.1. The summed E-state index contributed by atoms with van der Waals surface area (Å²) in [6.07, 6.45) is 57.9. The van der Waals surface area contributed by atoms with E-state index in [4.69, 9.17) is 4.74 Å². The van der Waals surface area contributed by atoms with Crippen LogP contribution in [0, 0.1) is 0 Å². The number of carbonyl (C=O) groups is 2. The van der Waals surface area contributed by atoms with Crippen molar-refractivity contribution in [2.24, 2.45) is 0 Å². The number of rotatable bonds is 48. The van der Waals surface area contributed by atoms with Crippen LogP contribution in [0.4, 0.5) is 0 Å². The lowest BCUT2D eigenvalue weighted by atomic mass is 10.0. The van der Waals surface area contributed by atoms with Crippen molar-refractivity contribution in [2.45, 2.75) is 296 Å². The number of hydrogen-bond donors (Lipinski definition) is 3. The Morgan fingerprint density at radius 2 is 0.852 bits per heavy atom. The highest BCUT2D eigenvalue weighted by molar-refractivity contribution is 5.77. The topological polar surface area (TPSA) is 95.9 Å². The van der Waals surface area contributed by atoms with Gasteiger partial charge >= 0.3 is 5.97 Å². The first-order chi connectivity index (χ1) is 30.0. The maximum atomic E-state index is 13.2. The third-order valence-corrected chi connectivity index (χ3v) is 12.2. The van der Waals surface area contributed by atoms with Crippen LogP contribution in [0.25, 0.3) is 0 Å². The molecule has 0 aliphatic carbocycles. The SMILES string of the molecule is CCCC/C=C\CCCCCC(CC(=O)NC(CO)C(O)CCCCCCCCCCCCCCCCCCC)OC(=O)CCCCC/C=C/C=C/CCCCCCCCC. The van der Waals surface area contributed by atoms with Crippen LogP contribution < -0.4 is 5.32 Å². The highest BCUT2D eigenvalue weighted by Gasteiger charge is 2.24. The van der Waals surface area contributed by atoms with Gasteiger partial charge in [-0.25, -0.2) is 0 Å². The molecule has 0 radical (unpaired) electrons. The first-order valence-electron chi connectivity index (χ1n) is 26.7. The van der Waals surface area contributed by atoms with Crippen LogP contribution >= 0.6 is 0 Å².